The van der Waals surface area contributed by atoms with Gasteiger partial charge in [-0.25, -0.2) is 9.78 Å². The van der Waals surface area contributed by atoms with Gasteiger partial charge in [-0.1, -0.05) is 19.4 Å². The highest BCUT2D eigenvalue weighted by Crippen LogP contribution is 2.12. The zero-order valence-electron chi connectivity index (χ0n) is 9.10. The van der Waals surface area contributed by atoms with E-state index in [1.54, 1.807) is 12.3 Å². The zero-order valence-corrected chi connectivity index (χ0v) is 9.10. The first-order chi connectivity index (χ1) is 7.15. The van der Waals surface area contributed by atoms with Crippen LogP contribution in [0.3, 0.4) is 0 Å². The van der Waals surface area contributed by atoms with Crippen LogP contribution in [0.2, 0.25) is 0 Å². The van der Waals surface area contributed by atoms with Gasteiger partial charge in [-0.2, -0.15) is 0 Å². The van der Waals surface area contributed by atoms with Crippen LogP contribution < -0.4 is 4.90 Å². The summed E-state index contributed by atoms with van der Waals surface area (Å²) in [5, 5.41) is 9.01. The summed E-state index contributed by atoms with van der Waals surface area (Å²) in [6.07, 6.45) is 2.55. The van der Waals surface area contributed by atoms with Gasteiger partial charge >= 0.3 is 6.09 Å². The van der Waals surface area contributed by atoms with Crippen molar-refractivity contribution in [2.75, 3.05) is 11.4 Å². The number of aryl methyl sites for hydroxylation is 1. The third-order valence-corrected chi connectivity index (χ3v) is 2.14. The Morgan fingerprint density at radius 1 is 1.53 bits per heavy atom. The molecule has 0 aliphatic rings. The number of hydrogen-bond acceptors (Lipinski definition) is 2. The summed E-state index contributed by atoms with van der Waals surface area (Å²) in [7, 11) is 0. The Balaban J connectivity index is 2.79. The maximum atomic E-state index is 11.0. The predicted molar refractivity (Wildman–Crippen MR) is 59.3 cm³/mol. The van der Waals surface area contributed by atoms with E-state index in [4.69, 9.17) is 5.11 Å². The number of unbranched alkanes of at least 4 members (excludes halogenated alkanes) is 1. The molecule has 82 valence electrons. The smallest absolute Gasteiger partial charge is 0.413 e. The molecule has 0 fully saturated rings. The van der Waals surface area contributed by atoms with Crippen molar-refractivity contribution >= 4 is 11.9 Å². The average Bonchev–Trinajstić information content (AvgIpc) is 2.21. The van der Waals surface area contributed by atoms with E-state index < -0.39 is 6.09 Å². The van der Waals surface area contributed by atoms with Crippen LogP contribution in [0.1, 0.15) is 25.3 Å². The fourth-order valence-electron chi connectivity index (χ4n) is 1.24. The minimum Gasteiger partial charge on any atom is -0.465 e. The predicted octanol–water partition coefficient (Wildman–Crippen LogP) is 2.67. The number of hydrogen-bond donors (Lipinski definition) is 1. The molecular formula is C11H16N2O2. The molecule has 1 amide bonds. The fourth-order valence-corrected chi connectivity index (χ4v) is 1.24. The molecule has 0 unspecified atom stereocenters. The lowest BCUT2D eigenvalue weighted by Gasteiger charge is -2.17. The van der Waals surface area contributed by atoms with Gasteiger partial charge in [0.2, 0.25) is 0 Å². The molecule has 1 N–H and O–H groups in total. The molecule has 0 bridgehead atoms. The molecule has 1 rings (SSSR count). The number of nitrogens with zero attached hydrogens (tertiary/aromatic N) is 2. The average molecular weight is 208 g/mol. The second-order valence-electron chi connectivity index (χ2n) is 3.48. The van der Waals surface area contributed by atoms with Gasteiger partial charge in [0.15, 0.2) is 0 Å². The molecule has 15 heavy (non-hydrogen) atoms. The van der Waals surface area contributed by atoms with Crippen LogP contribution in [0.5, 0.6) is 0 Å². The Labute approximate surface area is 89.6 Å². The van der Waals surface area contributed by atoms with Crippen LogP contribution in [-0.4, -0.2) is 22.7 Å². The van der Waals surface area contributed by atoms with Crippen LogP contribution in [0, 0.1) is 6.92 Å². The third kappa shape index (κ3) is 3.23. The molecule has 0 atom stereocenters. The van der Waals surface area contributed by atoms with E-state index in [9.17, 15) is 4.79 Å². The number of carbonyl (C=O) groups is 1. The second kappa shape index (κ2) is 5.34. The number of aromatic nitrogens is 1. The van der Waals surface area contributed by atoms with E-state index in [0.717, 1.165) is 18.4 Å². The minimum atomic E-state index is -0.945. The minimum absolute atomic E-state index is 0.501. The summed E-state index contributed by atoms with van der Waals surface area (Å²) in [6, 6.07) is 3.60. The van der Waals surface area contributed by atoms with Gasteiger partial charge < -0.3 is 5.11 Å². The highest BCUT2D eigenvalue weighted by atomic mass is 16.4. The van der Waals surface area contributed by atoms with E-state index in [1.807, 2.05) is 19.9 Å². The number of rotatable bonds is 4. The quantitative estimate of drug-likeness (QED) is 0.827. The second-order valence-corrected chi connectivity index (χ2v) is 3.48. The Hall–Kier alpha value is -1.58. The molecule has 1 heterocycles. The van der Waals surface area contributed by atoms with Crippen LogP contribution >= 0.6 is 0 Å². The molecule has 4 nitrogen and oxygen atoms in total. The maximum absolute atomic E-state index is 11.0. The van der Waals surface area contributed by atoms with Gasteiger partial charge in [0, 0.05) is 12.7 Å². The topological polar surface area (TPSA) is 53.4 Å². The van der Waals surface area contributed by atoms with Gasteiger partial charge in [0.1, 0.15) is 5.82 Å². The van der Waals surface area contributed by atoms with Crippen molar-refractivity contribution in [1.29, 1.82) is 0 Å². The molecule has 4 heteroatoms. The van der Waals surface area contributed by atoms with Crippen molar-refractivity contribution in [3.8, 4) is 0 Å². The van der Waals surface area contributed by atoms with Crippen molar-refractivity contribution in [2.24, 2.45) is 0 Å². The van der Waals surface area contributed by atoms with E-state index in [1.165, 1.54) is 4.90 Å². The van der Waals surface area contributed by atoms with Gasteiger partial charge in [-0.15, -0.1) is 0 Å². The lowest BCUT2D eigenvalue weighted by atomic mass is 10.3. The number of anilines is 1. The number of pyridine rings is 1. The summed E-state index contributed by atoms with van der Waals surface area (Å²) < 4.78 is 0. The summed E-state index contributed by atoms with van der Waals surface area (Å²) >= 11 is 0. The highest BCUT2D eigenvalue weighted by molar-refractivity contribution is 5.84. The lowest BCUT2D eigenvalue weighted by molar-refractivity contribution is 0.201. The first-order valence-corrected chi connectivity index (χ1v) is 5.08. The van der Waals surface area contributed by atoms with Crippen molar-refractivity contribution in [1.82, 2.24) is 4.98 Å². The first kappa shape index (κ1) is 11.5. The molecule has 0 spiro atoms. The largest absolute Gasteiger partial charge is 0.465 e. The molecule has 0 aromatic carbocycles. The van der Waals surface area contributed by atoms with Gasteiger partial charge in [-0.3, -0.25) is 4.90 Å². The van der Waals surface area contributed by atoms with Crippen LogP contribution in [0.25, 0.3) is 0 Å². The van der Waals surface area contributed by atoms with Crippen LogP contribution in [0.15, 0.2) is 18.3 Å². The fraction of sp³-hybridized carbons (Fsp3) is 0.455. The number of carboxylic acid groups (broad SMARTS) is 1. The van der Waals surface area contributed by atoms with Crippen LogP contribution in [-0.2, 0) is 0 Å². The summed E-state index contributed by atoms with van der Waals surface area (Å²) in [4.78, 5) is 16.4. The maximum Gasteiger partial charge on any atom is 0.413 e. The normalized spacial score (nSPS) is 10.0. The van der Waals surface area contributed by atoms with Crippen molar-refractivity contribution < 1.29 is 9.90 Å². The van der Waals surface area contributed by atoms with E-state index in [-0.39, 0.29) is 0 Å². The molecule has 0 aliphatic heterocycles. The van der Waals surface area contributed by atoms with Crippen molar-refractivity contribution in [3.05, 3.63) is 23.9 Å². The summed E-state index contributed by atoms with van der Waals surface area (Å²) in [6.45, 7) is 4.46. The Bertz CT molecular complexity index is 322. The number of amides is 1. The van der Waals surface area contributed by atoms with E-state index in [2.05, 4.69) is 4.98 Å². The molecule has 0 saturated heterocycles. The molecule has 0 aliphatic carbocycles. The first-order valence-electron chi connectivity index (χ1n) is 5.08. The Kier molecular flexibility index (Phi) is 4.09. The Morgan fingerprint density at radius 2 is 2.27 bits per heavy atom. The van der Waals surface area contributed by atoms with E-state index >= 15 is 0 Å². The lowest BCUT2D eigenvalue weighted by Crippen LogP contribution is -2.30. The standard InChI is InChI=1S/C11H16N2O2/c1-3-4-7-13(11(14)15)10-6-5-9(2)8-12-10/h5-6,8H,3-4,7H2,1-2H3,(H,14,15). The van der Waals surface area contributed by atoms with Crippen molar-refractivity contribution in [2.45, 2.75) is 26.7 Å². The van der Waals surface area contributed by atoms with Crippen LogP contribution in [0.4, 0.5) is 10.6 Å². The zero-order chi connectivity index (χ0) is 11.3. The van der Waals surface area contributed by atoms with Gasteiger partial charge in [0.25, 0.3) is 0 Å². The molecule has 0 saturated carbocycles. The molecule has 1 aromatic heterocycles. The highest BCUT2D eigenvalue weighted by Gasteiger charge is 2.13. The summed E-state index contributed by atoms with van der Waals surface area (Å²) in [5.74, 6) is 0.501. The van der Waals surface area contributed by atoms with Crippen molar-refractivity contribution in [3.63, 3.8) is 0 Å². The third-order valence-electron chi connectivity index (χ3n) is 2.14. The SMILES string of the molecule is CCCCN(C(=O)O)c1ccc(C)cn1. The Morgan fingerprint density at radius 3 is 2.73 bits per heavy atom. The molecular weight excluding hydrogens is 192 g/mol. The van der Waals surface area contributed by atoms with Gasteiger partial charge in [0.05, 0.1) is 0 Å². The van der Waals surface area contributed by atoms with E-state index in [0.29, 0.717) is 12.4 Å². The monoisotopic (exact) mass is 208 g/mol. The van der Waals surface area contributed by atoms with Gasteiger partial charge in [-0.05, 0) is 25.0 Å². The molecule has 0 radical (unpaired) electrons. The summed E-state index contributed by atoms with van der Waals surface area (Å²) in [5.41, 5.74) is 1.03. The molecule has 1 aromatic rings.